The van der Waals surface area contributed by atoms with Crippen LogP contribution in [0.15, 0.2) is 42.6 Å². The van der Waals surface area contributed by atoms with Crippen LogP contribution in [0, 0.1) is 0 Å². The van der Waals surface area contributed by atoms with Gasteiger partial charge in [-0.25, -0.2) is 4.57 Å². The summed E-state index contributed by atoms with van der Waals surface area (Å²) in [6.45, 7) is 3.83. The van der Waals surface area contributed by atoms with Crippen LogP contribution < -0.4 is 5.73 Å². The number of rotatable bonds is 5. The average molecular weight is 407 g/mol. The van der Waals surface area contributed by atoms with E-state index in [0.29, 0.717) is 23.1 Å². The van der Waals surface area contributed by atoms with Gasteiger partial charge in [0.25, 0.3) is 0 Å². The summed E-state index contributed by atoms with van der Waals surface area (Å²) in [5.41, 5.74) is 8.07. The van der Waals surface area contributed by atoms with Crippen molar-refractivity contribution in [2.45, 2.75) is 25.9 Å². The van der Waals surface area contributed by atoms with Crippen molar-refractivity contribution < 1.29 is 20.1 Å². The first-order chi connectivity index (χ1) is 14.3. The van der Waals surface area contributed by atoms with Gasteiger partial charge in [-0.3, -0.25) is 4.79 Å². The number of carbonyl (C=O) groups excluding carboxylic acids is 1. The van der Waals surface area contributed by atoms with Gasteiger partial charge in [0, 0.05) is 23.2 Å². The monoisotopic (exact) mass is 407 g/mol. The Labute approximate surface area is 171 Å². The van der Waals surface area contributed by atoms with Gasteiger partial charge in [-0.2, -0.15) is 0 Å². The number of benzene rings is 2. The average Bonchev–Trinajstić information content (AvgIpc) is 3.30. The number of nitrogens with two attached hydrogens (primary N) is 1. The summed E-state index contributed by atoms with van der Waals surface area (Å²) in [5.74, 6) is 0.0216. The Morgan fingerprint density at radius 2 is 1.80 bits per heavy atom. The molecule has 0 aliphatic heterocycles. The van der Waals surface area contributed by atoms with E-state index in [-0.39, 0.29) is 29.3 Å². The Balaban J connectivity index is 1.88. The highest BCUT2D eigenvalue weighted by Crippen LogP contribution is 2.39. The molecule has 4 aromatic rings. The molecule has 0 aliphatic carbocycles. The molecule has 0 radical (unpaired) electrons. The number of aldehydes is 1. The van der Waals surface area contributed by atoms with Gasteiger partial charge < -0.3 is 25.6 Å². The van der Waals surface area contributed by atoms with E-state index >= 15 is 0 Å². The molecular formula is C21H21N5O4. The number of aromatic nitrogens is 4. The zero-order valence-electron chi connectivity index (χ0n) is 16.4. The maximum atomic E-state index is 11.0. The molecule has 2 aromatic carbocycles. The quantitative estimate of drug-likeness (QED) is 0.373. The van der Waals surface area contributed by atoms with E-state index in [9.17, 15) is 20.1 Å². The highest BCUT2D eigenvalue weighted by atomic mass is 16.3. The minimum Gasteiger partial charge on any atom is -0.508 e. The van der Waals surface area contributed by atoms with E-state index in [4.69, 9.17) is 5.73 Å². The normalized spacial score (nSPS) is 12.5. The van der Waals surface area contributed by atoms with Gasteiger partial charge in [0.1, 0.15) is 17.7 Å². The molecule has 0 aliphatic rings. The molecule has 0 saturated carbocycles. The Morgan fingerprint density at radius 1 is 1.03 bits per heavy atom. The molecule has 4 rings (SSSR count). The van der Waals surface area contributed by atoms with Crippen molar-refractivity contribution in [3.05, 3.63) is 48.2 Å². The second-order valence-corrected chi connectivity index (χ2v) is 7.33. The lowest BCUT2D eigenvalue weighted by Crippen LogP contribution is -2.18. The summed E-state index contributed by atoms with van der Waals surface area (Å²) in [5, 5.41) is 39.5. The zero-order valence-corrected chi connectivity index (χ0v) is 16.4. The van der Waals surface area contributed by atoms with E-state index in [2.05, 4.69) is 10.2 Å². The number of carbonyl (C=O) groups is 1. The number of aromatic hydroxyl groups is 3. The minimum atomic E-state index is -0.796. The van der Waals surface area contributed by atoms with E-state index < -0.39 is 6.17 Å². The summed E-state index contributed by atoms with van der Waals surface area (Å²) in [7, 11) is 0. The van der Waals surface area contributed by atoms with Crippen LogP contribution in [0.4, 0.5) is 0 Å². The molecule has 0 amide bonds. The molecule has 9 nitrogen and oxygen atoms in total. The van der Waals surface area contributed by atoms with Crippen molar-refractivity contribution in [3.63, 3.8) is 0 Å². The van der Waals surface area contributed by atoms with Crippen LogP contribution in [0.25, 0.3) is 28.0 Å². The molecule has 30 heavy (non-hydrogen) atoms. The van der Waals surface area contributed by atoms with Crippen molar-refractivity contribution in [2.24, 2.45) is 5.73 Å². The number of nitrogens with zero attached hydrogens (tertiary/aromatic N) is 4. The van der Waals surface area contributed by atoms with Crippen LogP contribution in [0.1, 0.15) is 31.5 Å². The Kier molecular flexibility index (Phi) is 4.67. The first-order valence-corrected chi connectivity index (χ1v) is 9.34. The molecule has 9 heteroatoms. The summed E-state index contributed by atoms with van der Waals surface area (Å²) in [6.07, 6.45) is 1.56. The molecule has 0 bridgehead atoms. The molecule has 0 spiro atoms. The fraction of sp³-hybridized carbons (Fsp3) is 0.190. The molecule has 0 fully saturated rings. The standard InChI is InChI=1S/C21H21N5O4/c1-11(2)14-8-15(18(29)9-17(14)28)20-23-24-21(30)26(20)13-3-4-16-12(7-13)5-6-25(16)19(22)10-27/h3-11,19,28-29H,22H2,1-2H3,(H,24,30). The van der Waals surface area contributed by atoms with E-state index in [1.807, 2.05) is 13.8 Å². The van der Waals surface area contributed by atoms with Crippen molar-refractivity contribution in [3.8, 4) is 34.6 Å². The van der Waals surface area contributed by atoms with Gasteiger partial charge in [0.05, 0.1) is 11.3 Å². The van der Waals surface area contributed by atoms with Crippen LogP contribution >= 0.6 is 0 Å². The van der Waals surface area contributed by atoms with Crippen LogP contribution in [-0.2, 0) is 4.79 Å². The van der Waals surface area contributed by atoms with Crippen LogP contribution in [0.3, 0.4) is 0 Å². The van der Waals surface area contributed by atoms with E-state index in [1.165, 1.54) is 10.6 Å². The second-order valence-electron chi connectivity index (χ2n) is 7.33. The van der Waals surface area contributed by atoms with E-state index in [1.54, 1.807) is 41.1 Å². The summed E-state index contributed by atoms with van der Waals surface area (Å²) in [6, 6.07) is 9.62. The number of phenolic OH excluding ortho intramolecular Hbond substituents is 2. The van der Waals surface area contributed by atoms with Gasteiger partial charge in [-0.05, 0) is 41.8 Å². The van der Waals surface area contributed by atoms with Crippen LogP contribution in [-0.4, -0.2) is 40.9 Å². The number of fused-ring (bicyclic) bond motifs is 1. The lowest BCUT2D eigenvalue weighted by molar-refractivity contribution is -0.110. The van der Waals surface area contributed by atoms with Gasteiger partial charge >= 0.3 is 6.01 Å². The highest BCUT2D eigenvalue weighted by Gasteiger charge is 2.21. The topological polar surface area (TPSA) is 139 Å². The van der Waals surface area contributed by atoms with Gasteiger partial charge in [-0.1, -0.05) is 18.9 Å². The summed E-state index contributed by atoms with van der Waals surface area (Å²) < 4.78 is 3.03. The number of phenols is 2. The second kappa shape index (κ2) is 7.20. The summed E-state index contributed by atoms with van der Waals surface area (Å²) >= 11 is 0. The molecule has 154 valence electrons. The van der Waals surface area contributed by atoms with Crippen LogP contribution in [0.5, 0.6) is 17.5 Å². The molecule has 1 atom stereocenters. The third kappa shape index (κ3) is 3.05. The highest BCUT2D eigenvalue weighted by molar-refractivity contribution is 5.84. The lowest BCUT2D eigenvalue weighted by atomic mass is 9.98. The minimum absolute atomic E-state index is 0.00691. The summed E-state index contributed by atoms with van der Waals surface area (Å²) in [4.78, 5) is 11.0. The molecule has 2 aromatic heterocycles. The smallest absolute Gasteiger partial charge is 0.319 e. The maximum Gasteiger partial charge on any atom is 0.319 e. The fourth-order valence-corrected chi connectivity index (χ4v) is 3.54. The molecule has 5 N–H and O–H groups in total. The Hall–Kier alpha value is -3.85. The number of hydrogen-bond acceptors (Lipinski definition) is 7. The largest absolute Gasteiger partial charge is 0.508 e. The predicted octanol–water partition coefficient (Wildman–Crippen LogP) is 2.79. The molecule has 1 unspecified atom stereocenters. The zero-order chi connectivity index (χ0) is 21.6. The van der Waals surface area contributed by atoms with Crippen LogP contribution in [0.2, 0.25) is 0 Å². The SMILES string of the molecule is CC(C)c1cc(-c2nnc(O)n2-c2ccc3c(ccn3C(N)C=O)c2)c(O)cc1O. The predicted molar refractivity (Wildman–Crippen MR) is 111 cm³/mol. The Morgan fingerprint density at radius 3 is 2.50 bits per heavy atom. The van der Waals surface area contributed by atoms with E-state index in [0.717, 1.165) is 10.9 Å². The van der Waals surface area contributed by atoms with Crippen molar-refractivity contribution >= 4 is 17.2 Å². The third-order valence-corrected chi connectivity index (χ3v) is 5.08. The first-order valence-electron chi connectivity index (χ1n) is 9.34. The fourth-order valence-electron chi connectivity index (χ4n) is 3.54. The number of hydrogen-bond donors (Lipinski definition) is 4. The Bertz CT molecular complexity index is 1260. The van der Waals surface area contributed by atoms with Crippen molar-refractivity contribution in [2.75, 3.05) is 0 Å². The third-order valence-electron chi connectivity index (χ3n) is 5.08. The lowest BCUT2D eigenvalue weighted by Gasteiger charge is -2.14. The van der Waals surface area contributed by atoms with Gasteiger partial charge in [0.2, 0.25) is 0 Å². The molecule has 2 heterocycles. The van der Waals surface area contributed by atoms with Gasteiger partial charge in [-0.15, -0.1) is 5.10 Å². The first kappa shape index (κ1) is 19.5. The van der Waals surface area contributed by atoms with Crippen molar-refractivity contribution in [1.29, 1.82) is 0 Å². The maximum absolute atomic E-state index is 11.0. The molecule has 0 saturated heterocycles. The van der Waals surface area contributed by atoms with Crippen molar-refractivity contribution in [1.82, 2.24) is 19.3 Å². The van der Waals surface area contributed by atoms with Gasteiger partial charge in [0.15, 0.2) is 12.1 Å². The molecular weight excluding hydrogens is 386 g/mol.